The second-order valence-electron chi connectivity index (χ2n) is 21.2. The summed E-state index contributed by atoms with van der Waals surface area (Å²) in [6.07, 6.45) is -39.3. The van der Waals surface area contributed by atoms with Crippen molar-refractivity contribution in [3.8, 4) is 0 Å². The highest BCUT2D eigenvalue weighted by Gasteiger charge is 2.59. The third-order valence-electron chi connectivity index (χ3n) is 13.4. The average molecular weight is 1210 g/mol. The van der Waals surface area contributed by atoms with Crippen molar-refractivity contribution in [3.63, 3.8) is 0 Å². The molecule has 0 amide bonds. The Morgan fingerprint density at radius 1 is 0.329 bits per heavy atom. The van der Waals surface area contributed by atoms with Gasteiger partial charge in [0.25, 0.3) is 0 Å². The normalized spacial score (nSPS) is 45.3. The monoisotopic (exact) mass is 1210 g/mol. The predicted octanol–water partition coefficient (Wildman–Crippen LogP) is -11.5. The smallest absolute Gasteiger partial charge is 0.224 e. The maximum atomic E-state index is 10.3. The number of aliphatic hydroxyl groups is 22. The van der Waals surface area contributed by atoms with Gasteiger partial charge in [-0.15, -0.1) is 0 Å². The van der Waals surface area contributed by atoms with E-state index in [9.17, 15) is 102 Å². The van der Waals surface area contributed by atoms with Gasteiger partial charge in [-0.05, 0) is 55.4 Å². The third-order valence-corrected chi connectivity index (χ3v) is 13.4. The van der Waals surface area contributed by atoms with Crippen molar-refractivity contribution in [1.29, 1.82) is 0 Å². The van der Waals surface area contributed by atoms with Crippen LogP contribution in [-0.4, -0.2) is 361 Å². The SMILES string of the molecule is CC(C)OC[C@H]1O[C@@](CO)(O[C@H]2OC(CO)[C@@H](O)C(O)C2O)C(O)[C@H]1O.CC(C)O[C@H]1OC(CO)[C@@H](O)C(O)[C@@H]1O.CC(C)O[C@H]1OC(CO)[C@@H](O[C@@H]2OC(CO)[C@H](O)C(O)C2O)C(O)C1O.CC(C)O[C@H]1OC(CO)[C@H](O)C(O)[C@@H]1O. The summed E-state index contributed by atoms with van der Waals surface area (Å²) in [6.45, 7) is 10.1. The second-order valence-corrected chi connectivity index (χ2v) is 21.2. The first-order chi connectivity index (χ1) is 38.3. The summed E-state index contributed by atoms with van der Waals surface area (Å²) in [5.41, 5.74) is 0. The number of hydrogen-bond donors (Lipinski definition) is 22. The third kappa shape index (κ3) is 19.3. The van der Waals surface area contributed by atoms with Gasteiger partial charge in [-0.1, -0.05) is 0 Å². The molecule has 14 unspecified atom stereocenters. The number of rotatable bonds is 19. The zero-order valence-electron chi connectivity index (χ0n) is 46.7. The Hall–Kier alpha value is -1.36. The maximum absolute atomic E-state index is 10.3. The lowest BCUT2D eigenvalue weighted by atomic mass is 9.97. The number of aliphatic hydroxyl groups excluding tert-OH is 22. The van der Waals surface area contributed by atoms with Gasteiger partial charge in [0, 0.05) is 0 Å². The Morgan fingerprint density at radius 2 is 0.634 bits per heavy atom. The fourth-order valence-electron chi connectivity index (χ4n) is 8.74. The lowest BCUT2D eigenvalue weighted by molar-refractivity contribution is -0.383. The molecule has 6 rings (SSSR count). The average Bonchev–Trinajstić information content (AvgIpc) is 3.75. The van der Waals surface area contributed by atoms with Gasteiger partial charge in [0.05, 0.1) is 64.1 Å². The summed E-state index contributed by atoms with van der Waals surface area (Å²) in [5, 5.41) is 212. The molecular weight excluding hydrogens is 1120 g/mol. The van der Waals surface area contributed by atoms with Crippen LogP contribution < -0.4 is 0 Å². The summed E-state index contributed by atoms with van der Waals surface area (Å²) >= 11 is 0. The summed E-state index contributed by atoms with van der Waals surface area (Å²) in [7, 11) is 0. The van der Waals surface area contributed by atoms with Gasteiger partial charge in [0.1, 0.15) is 147 Å². The van der Waals surface area contributed by atoms with Gasteiger partial charge in [0.15, 0.2) is 31.5 Å². The summed E-state index contributed by atoms with van der Waals surface area (Å²) in [4.78, 5) is 0. The maximum Gasteiger partial charge on any atom is 0.224 e. The van der Waals surface area contributed by atoms with Crippen molar-refractivity contribution in [2.75, 3.05) is 46.2 Å². The molecule has 0 bridgehead atoms. The van der Waals surface area contributed by atoms with Crippen molar-refractivity contribution < 1.29 is 169 Å². The highest BCUT2D eigenvalue weighted by Crippen LogP contribution is 2.37. The van der Waals surface area contributed by atoms with Gasteiger partial charge < -0.3 is 169 Å². The van der Waals surface area contributed by atoms with Gasteiger partial charge >= 0.3 is 0 Å². The lowest BCUT2D eigenvalue weighted by Gasteiger charge is -2.46. The Morgan fingerprint density at radius 3 is 0.963 bits per heavy atom. The molecule has 0 spiro atoms. The van der Waals surface area contributed by atoms with Crippen molar-refractivity contribution in [1.82, 2.24) is 0 Å². The van der Waals surface area contributed by atoms with Crippen LogP contribution in [0.1, 0.15) is 55.4 Å². The van der Waals surface area contributed by atoms with Crippen LogP contribution in [0.4, 0.5) is 0 Å². The minimum Gasteiger partial charge on any atom is -0.394 e. The fourth-order valence-corrected chi connectivity index (χ4v) is 8.74. The van der Waals surface area contributed by atoms with Crippen molar-refractivity contribution in [2.45, 2.75) is 257 Å². The molecule has 6 aliphatic rings. The molecule has 34 nitrogen and oxygen atoms in total. The van der Waals surface area contributed by atoms with Crippen LogP contribution in [0.5, 0.6) is 0 Å². The van der Waals surface area contributed by atoms with E-state index in [-0.39, 0.29) is 31.0 Å². The van der Waals surface area contributed by atoms with Crippen LogP contribution in [0.25, 0.3) is 0 Å². The zero-order chi connectivity index (χ0) is 62.4. The van der Waals surface area contributed by atoms with Crippen molar-refractivity contribution in [2.24, 2.45) is 0 Å². The first-order valence-electron chi connectivity index (χ1n) is 26.7. The Balaban J connectivity index is 0.000000297. The van der Waals surface area contributed by atoms with Gasteiger partial charge in [-0.2, -0.15) is 0 Å². The van der Waals surface area contributed by atoms with E-state index < -0.39 is 217 Å². The van der Waals surface area contributed by atoms with Gasteiger partial charge in [-0.3, -0.25) is 0 Å². The largest absolute Gasteiger partial charge is 0.394 e. The Labute approximate surface area is 472 Å². The molecule has 6 aliphatic heterocycles. The first-order valence-corrected chi connectivity index (χ1v) is 26.7. The molecule has 6 fully saturated rings. The van der Waals surface area contributed by atoms with E-state index in [1.807, 2.05) is 0 Å². The molecule has 0 aliphatic carbocycles. The minimum absolute atomic E-state index is 0.0876. The molecule has 0 aromatic heterocycles. The highest BCUT2D eigenvalue weighted by atomic mass is 16.8. The van der Waals surface area contributed by atoms with E-state index in [4.69, 9.17) is 67.1 Å². The highest BCUT2D eigenvalue weighted by molar-refractivity contribution is 4.99. The fraction of sp³-hybridized carbons (Fsp3) is 1.00. The predicted molar refractivity (Wildman–Crippen MR) is 265 cm³/mol. The van der Waals surface area contributed by atoms with Crippen LogP contribution in [0.15, 0.2) is 0 Å². The van der Waals surface area contributed by atoms with E-state index in [2.05, 4.69) is 0 Å². The lowest BCUT2D eigenvalue weighted by Crippen LogP contribution is -2.64. The van der Waals surface area contributed by atoms with Gasteiger partial charge in [-0.25, -0.2) is 0 Å². The Bertz CT molecular complexity index is 1690. The number of hydrogen-bond acceptors (Lipinski definition) is 34. The molecule has 0 saturated carbocycles. The van der Waals surface area contributed by atoms with Gasteiger partial charge in [0.2, 0.25) is 5.79 Å². The summed E-state index contributed by atoms with van der Waals surface area (Å²) in [6, 6.07) is 0. The van der Waals surface area contributed by atoms with Crippen LogP contribution in [-0.2, 0) is 56.8 Å². The zero-order valence-corrected chi connectivity index (χ0v) is 46.7. The molecule has 0 aromatic carbocycles. The van der Waals surface area contributed by atoms with E-state index in [1.165, 1.54) is 0 Å². The second kappa shape index (κ2) is 34.4. The Kier molecular flexibility index (Phi) is 31.4. The molecule has 34 heteroatoms. The van der Waals surface area contributed by atoms with Crippen LogP contribution in [0, 0.1) is 0 Å². The first kappa shape index (κ1) is 74.9. The summed E-state index contributed by atoms with van der Waals surface area (Å²) < 4.78 is 63.4. The standard InChI is InChI=1S/2C15H28O11.2C9H18O6/c1-6(2)23-4-8-10(19)13(22)15(5-17,25-8)26-14-12(21)11(20)9(18)7(3-16)24-14;1-5(2)23-14-12(22)10(20)13(7(4-17)25-14)26-15-11(21)9(19)8(18)6(3-16)24-15;2*1-4(2)14-9-8(13)7(12)6(11)5(3-10)15-9/h6-14,16-22H,3-5H2,1-2H3;5-22H,3-4H2,1-2H3;2*4-13H,3H2,1-2H3/t7?,8-,9-,10+,11?,12?,13?,14-,15+;6?,7?,8-,9?,10?,11?,12?,13+,14-,15-;5?,6-,7?,8+,9+;5?,6-,7?,8-,9-/m1010/s1. The van der Waals surface area contributed by atoms with E-state index >= 15 is 0 Å². The molecule has 22 N–H and O–H groups in total. The molecule has 29 atom stereocenters. The van der Waals surface area contributed by atoms with E-state index in [0.717, 1.165) is 0 Å². The van der Waals surface area contributed by atoms with Crippen molar-refractivity contribution >= 4 is 0 Å². The molecule has 82 heavy (non-hydrogen) atoms. The molecule has 6 saturated heterocycles. The van der Waals surface area contributed by atoms with Crippen LogP contribution >= 0.6 is 0 Å². The molecule has 488 valence electrons. The molecule has 0 aromatic rings. The van der Waals surface area contributed by atoms with E-state index in [0.29, 0.717) is 0 Å². The number of ether oxygens (including phenoxy) is 12. The minimum atomic E-state index is -2.15. The molecule has 6 heterocycles. The molecule has 0 radical (unpaired) electrons. The topological polar surface area (TPSA) is 556 Å². The quantitative estimate of drug-likeness (QED) is 0.0571. The van der Waals surface area contributed by atoms with Crippen LogP contribution in [0.3, 0.4) is 0 Å². The van der Waals surface area contributed by atoms with Crippen LogP contribution in [0.2, 0.25) is 0 Å². The van der Waals surface area contributed by atoms with Crippen molar-refractivity contribution in [3.05, 3.63) is 0 Å². The van der Waals surface area contributed by atoms with E-state index in [1.54, 1.807) is 55.4 Å². The summed E-state index contributed by atoms with van der Waals surface area (Å²) in [5.74, 6) is -2.15. The molecular formula is C48H92O34.